The maximum absolute atomic E-state index is 12.6. The third kappa shape index (κ3) is 5.63. The zero-order valence-electron chi connectivity index (χ0n) is 17.5. The molecule has 0 aromatic heterocycles. The van der Waals surface area contributed by atoms with Crippen LogP contribution in [0.5, 0.6) is 11.5 Å². The summed E-state index contributed by atoms with van der Waals surface area (Å²) >= 11 is 0. The second kappa shape index (κ2) is 10.5. The number of piperidine rings is 1. The molecule has 0 radical (unpaired) electrons. The first kappa shape index (κ1) is 21.4. The van der Waals surface area contributed by atoms with Crippen LogP contribution in [0, 0.1) is 5.92 Å². The van der Waals surface area contributed by atoms with Gasteiger partial charge in [-0.1, -0.05) is 30.3 Å². The molecule has 3 rings (SSSR count). The van der Waals surface area contributed by atoms with E-state index in [2.05, 4.69) is 5.32 Å². The van der Waals surface area contributed by atoms with Gasteiger partial charge in [-0.05, 0) is 42.7 Å². The van der Waals surface area contributed by atoms with E-state index in [0.717, 1.165) is 11.1 Å². The molecule has 0 spiro atoms. The zero-order chi connectivity index (χ0) is 21.3. The molecule has 0 aliphatic carbocycles. The predicted octanol–water partition coefficient (Wildman–Crippen LogP) is 3.27. The number of likely N-dealkylation sites (tertiary alicyclic amines) is 1. The smallest absolute Gasteiger partial charge is 0.246 e. The Labute approximate surface area is 177 Å². The Balaban J connectivity index is 1.50. The topological polar surface area (TPSA) is 67.9 Å². The van der Waals surface area contributed by atoms with Crippen LogP contribution in [0.2, 0.25) is 0 Å². The van der Waals surface area contributed by atoms with Crippen molar-refractivity contribution in [3.63, 3.8) is 0 Å². The average molecular weight is 408 g/mol. The highest BCUT2D eigenvalue weighted by Gasteiger charge is 2.26. The lowest BCUT2D eigenvalue weighted by Gasteiger charge is -2.30. The first-order valence-electron chi connectivity index (χ1n) is 10.1. The van der Waals surface area contributed by atoms with Gasteiger partial charge in [0.1, 0.15) is 11.5 Å². The summed E-state index contributed by atoms with van der Waals surface area (Å²) in [5, 5.41) is 3.00. The Morgan fingerprint density at radius 2 is 1.80 bits per heavy atom. The zero-order valence-corrected chi connectivity index (χ0v) is 17.5. The van der Waals surface area contributed by atoms with Crippen LogP contribution >= 0.6 is 0 Å². The van der Waals surface area contributed by atoms with E-state index in [1.165, 1.54) is 0 Å². The van der Waals surface area contributed by atoms with Crippen molar-refractivity contribution in [2.45, 2.75) is 19.4 Å². The Hall–Kier alpha value is -3.28. The standard InChI is InChI=1S/C24H28N2O4/c1-29-21-9-10-22(30-2)20(16-21)8-11-23(27)26-14-12-19(13-15-26)24(28)25-17-18-6-4-3-5-7-18/h3-11,16,19H,12-15,17H2,1-2H3,(H,25,28). The Kier molecular flexibility index (Phi) is 7.49. The second-order valence-electron chi connectivity index (χ2n) is 7.24. The Bertz CT molecular complexity index is 887. The predicted molar refractivity (Wildman–Crippen MR) is 116 cm³/mol. The maximum Gasteiger partial charge on any atom is 0.246 e. The Morgan fingerprint density at radius 3 is 2.47 bits per heavy atom. The van der Waals surface area contributed by atoms with Gasteiger partial charge in [-0.25, -0.2) is 0 Å². The van der Waals surface area contributed by atoms with E-state index in [9.17, 15) is 9.59 Å². The van der Waals surface area contributed by atoms with Crippen LogP contribution in [0.3, 0.4) is 0 Å². The van der Waals surface area contributed by atoms with Crippen LogP contribution in [0.4, 0.5) is 0 Å². The van der Waals surface area contributed by atoms with Crippen LogP contribution < -0.4 is 14.8 Å². The highest BCUT2D eigenvalue weighted by molar-refractivity contribution is 5.92. The van der Waals surface area contributed by atoms with Crippen molar-refractivity contribution in [3.8, 4) is 11.5 Å². The molecule has 1 aliphatic rings. The van der Waals surface area contributed by atoms with Gasteiger partial charge in [-0.2, -0.15) is 0 Å². The average Bonchev–Trinajstić information content (AvgIpc) is 2.81. The molecule has 2 aromatic rings. The first-order chi connectivity index (χ1) is 14.6. The van der Waals surface area contributed by atoms with Crippen molar-refractivity contribution < 1.29 is 19.1 Å². The SMILES string of the molecule is COc1ccc(OC)c(C=CC(=O)N2CCC(C(=O)NCc3ccccc3)CC2)c1. The van der Waals surface area contributed by atoms with E-state index in [1.807, 2.05) is 48.5 Å². The number of hydrogen-bond donors (Lipinski definition) is 1. The van der Waals surface area contributed by atoms with Crippen molar-refractivity contribution in [1.29, 1.82) is 0 Å². The van der Waals surface area contributed by atoms with Crippen LogP contribution in [0.15, 0.2) is 54.6 Å². The highest BCUT2D eigenvalue weighted by atomic mass is 16.5. The summed E-state index contributed by atoms with van der Waals surface area (Å²) in [6, 6.07) is 15.3. The van der Waals surface area contributed by atoms with Crippen molar-refractivity contribution in [2.75, 3.05) is 27.3 Å². The molecule has 0 unspecified atom stereocenters. The molecule has 1 fully saturated rings. The molecule has 1 aliphatic heterocycles. The minimum absolute atomic E-state index is 0.0554. The van der Waals surface area contributed by atoms with Crippen molar-refractivity contribution in [3.05, 3.63) is 65.7 Å². The third-order valence-electron chi connectivity index (χ3n) is 5.33. The lowest BCUT2D eigenvalue weighted by Crippen LogP contribution is -2.42. The molecule has 6 nitrogen and oxygen atoms in total. The monoisotopic (exact) mass is 408 g/mol. The van der Waals surface area contributed by atoms with Crippen molar-refractivity contribution >= 4 is 17.9 Å². The van der Waals surface area contributed by atoms with E-state index in [-0.39, 0.29) is 17.7 Å². The van der Waals surface area contributed by atoms with Gasteiger partial charge in [-0.15, -0.1) is 0 Å². The molecule has 2 amide bonds. The fraction of sp³-hybridized carbons (Fsp3) is 0.333. The molecule has 2 aromatic carbocycles. The number of carbonyl (C=O) groups is 2. The van der Waals surface area contributed by atoms with Crippen molar-refractivity contribution in [1.82, 2.24) is 10.2 Å². The van der Waals surface area contributed by atoms with Crippen molar-refractivity contribution in [2.24, 2.45) is 5.92 Å². The van der Waals surface area contributed by atoms with E-state index in [4.69, 9.17) is 9.47 Å². The van der Waals surface area contributed by atoms with Gasteiger partial charge in [0.2, 0.25) is 11.8 Å². The molecule has 30 heavy (non-hydrogen) atoms. The van der Waals surface area contributed by atoms with Gasteiger partial charge in [0.05, 0.1) is 14.2 Å². The molecular formula is C24H28N2O4. The van der Waals surface area contributed by atoms with Crippen LogP contribution in [0.1, 0.15) is 24.0 Å². The molecule has 1 saturated heterocycles. The molecule has 1 N–H and O–H groups in total. The second-order valence-corrected chi connectivity index (χ2v) is 7.24. The fourth-order valence-corrected chi connectivity index (χ4v) is 3.53. The lowest BCUT2D eigenvalue weighted by atomic mass is 9.95. The molecule has 6 heteroatoms. The summed E-state index contributed by atoms with van der Waals surface area (Å²) in [6.45, 7) is 1.67. The summed E-state index contributed by atoms with van der Waals surface area (Å²) in [6.07, 6.45) is 4.63. The quantitative estimate of drug-likeness (QED) is 0.714. The molecule has 158 valence electrons. The number of nitrogens with zero attached hydrogens (tertiary/aromatic N) is 1. The lowest BCUT2D eigenvalue weighted by molar-refractivity contribution is -0.132. The number of nitrogens with one attached hydrogen (secondary N) is 1. The van der Waals surface area contributed by atoms with Gasteiger partial charge in [0.15, 0.2) is 0 Å². The van der Waals surface area contributed by atoms with E-state index in [0.29, 0.717) is 44.0 Å². The largest absolute Gasteiger partial charge is 0.497 e. The summed E-state index contributed by atoms with van der Waals surface area (Å²) < 4.78 is 10.6. The number of methoxy groups -OCH3 is 2. The van der Waals surface area contributed by atoms with Crippen LogP contribution in [-0.4, -0.2) is 44.0 Å². The number of ether oxygens (including phenoxy) is 2. The van der Waals surface area contributed by atoms with Gasteiger partial charge >= 0.3 is 0 Å². The summed E-state index contributed by atoms with van der Waals surface area (Å²) in [5.41, 5.74) is 1.86. The summed E-state index contributed by atoms with van der Waals surface area (Å²) in [4.78, 5) is 26.8. The van der Waals surface area contributed by atoms with Crippen LogP contribution in [0.25, 0.3) is 6.08 Å². The number of hydrogen-bond acceptors (Lipinski definition) is 4. The number of benzene rings is 2. The summed E-state index contributed by atoms with van der Waals surface area (Å²) in [5.74, 6) is 1.31. The fourth-order valence-electron chi connectivity index (χ4n) is 3.53. The van der Waals surface area contributed by atoms with E-state index < -0.39 is 0 Å². The highest BCUT2D eigenvalue weighted by Crippen LogP contribution is 2.25. The molecule has 0 atom stereocenters. The number of carbonyl (C=O) groups excluding carboxylic acids is 2. The van der Waals surface area contributed by atoms with Gasteiger partial charge in [-0.3, -0.25) is 9.59 Å². The minimum Gasteiger partial charge on any atom is -0.497 e. The molecule has 1 heterocycles. The van der Waals surface area contributed by atoms with Gasteiger partial charge in [0, 0.05) is 37.2 Å². The summed E-state index contributed by atoms with van der Waals surface area (Å²) in [7, 11) is 3.19. The third-order valence-corrected chi connectivity index (χ3v) is 5.33. The normalized spacial score (nSPS) is 14.5. The number of rotatable bonds is 7. The number of amides is 2. The maximum atomic E-state index is 12.6. The minimum atomic E-state index is -0.0667. The molecule has 0 bridgehead atoms. The van der Waals surface area contributed by atoms with Gasteiger partial charge in [0.25, 0.3) is 0 Å². The van der Waals surface area contributed by atoms with Gasteiger partial charge < -0.3 is 19.7 Å². The first-order valence-corrected chi connectivity index (χ1v) is 10.1. The van der Waals surface area contributed by atoms with E-state index in [1.54, 1.807) is 31.3 Å². The molecule has 0 saturated carbocycles. The Morgan fingerprint density at radius 1 is 1.07 bits per heavy atom. The van der Waals surface area contributed by atoms with Crippen LogP contribution in [-0.2, 0) is 16.1 Å². The molecular weight excluding hydrogens is 380 g/mol. The van der Waals surface area contributed by atoms with E-state index >= 15 is 0 Å².